The summed E-state index contributed by atoms with van der Waals surface area (Å²) in [5, 5.41) is 2.76. The molecule has 3 nitrogen and oxygen atoms in total. The van der Waals surface area contributed by atoms with Crippen molar-refractivity contribution in [2.24, 2.45) is 0 Å². The Kier molecular flexibility index (Phi) is 4.58. The van der Waals surface area contributed by atoms with Gasteiger partial charge in [0, 0.05) is 5.69 Å². The van der Waals surface area contributed by atoms with Crippen LogP contribution in [0.3, 0.4) is 0 Å². The lowest BCUT2D eigenvalue weighted by Crippen LogP contribution is -2.28. The summed E-state index contributed by atoms with van der Waals surface area (Å²) in [7, 11) is 0. The lowest BCUT2D eigenvalue weighted by molar-refractivity contribution is -0.143. The van der Waals surface area contributed by atoms with Gasteiger partial charge in [0.15, 0.2) is 0 Å². The van der Waals surface area contributed by atoms with Gasteiger partial charge in [0.1, 0.15) is 6.04 Å². The molecule has 0 aliphatic heterocycles. The zero-order chi connectivity index (χ0) is 13.8. The Balaban J connectivity index is 2.67. The fraction of sp³-hybridized carbons (Fsp3) is 0.417. The van der Waals surface area contributed by atoms with Crippen LogP contribution in [0, 0.1) is 0 Å². The highest BCUT2D eigenvalue weighted by Gasteiger charge is 2.30. The maximum absolute atomic E-state index is 12.3. The molecule has 6 heteroatoms. The van der Waals surface area contributed by atoms with E-state index in [0.29, 0.717) is 5.69 Å². The fourth-order valence-corrected chi connectivity index (χ4v) is 1.33. The zero-order valence-electron chi connectivity index (χ0n) is 10.0. The maximum Gasteiger partial charge on any atom is 0.416 e. The van der Waals surface area contributed by atoms with E-state index in [1.165, 1.54) is 12.1 Å². The highest BCUT2D eigenvalue weighted by Crippen LogP contribution is 2.29. The number of alkyl halides is 3. The summed E-state index contributed by atoms with van der Waals surface area (Å²) in [6.45, 7) is 3.52. The first-order valence-electron chi connectivity index (χ1n) is 5.45. The van der Waals surface area contributed by atoms with E-state index in [1.54, 1.807) is 13.8 Å². The first kappa shape index (κ1) is 14.3. The molecule has 1 atom stereocenters. The summed E-state index contributed by atoms with van der Waals surface area (Å²) >= 11 is 0. The summed E-state index contributed by atoms with van der Waals surface area (Å²) in [4.78, 5) is 11.3. The largest absolute Gasteiger partial charge is 0.464 e. The molecule has 0 fully saturated rings. The standard InChI is InChI=1S/C12H14F3NO2/c1-3-18-11(17)8(2)16-10-6-4-9(5-7-10)12(13,14)15/h4-8,16H,3H2,1-2H3/t8-/m0/s1. The Labute approximate surface area is 103 Å². The number of halogens is 3. The van der Waals surface area contributed by atoms with E-state index in [1.807, 2.05) is 0 Å². The Morgan fingerprint density at radius 1 is 1.33 bits per heavy atom. The molecule has 1 N–H and O–H groups in total. The molecule has 0 saturated carbocycles. The van der Waals surface area contributed by atoms with Gasteiger partial charge in [-0.1, -0.05) is 0 Å². The van der Waals surface area contributed by atoms with E-state index in [2.05, 4.69) is 5.32 Å². The molecule has 100 valence electrons. The van der Waals surface area contributed by atoms with Crippen molar-refractivity contribution in [2.45, 2.75) is 26.1 Å². The van der Waals surface area contributed by atoms with Crippen molar-refractivity contribution >= 4 is 11.7 Å². The van der Waals surface area contributed by atoms with Crippen LogP contribution in [0.25, 0.3) is 0 Å². The smallest absolute Gasteiger partial charge is 0.416 e. The van der Waals surface area contributed by atoms with Gasteiger partial charge in [0.25, 0.3) is 0 Å². The molecule has 0 aliphatic rings. The van der Waals surface area contributed by atoms with Gasteiger partial charge in [-0.05, 0) is 38.1 Å². The van der Waals surface area contributed by atoms with Gasteiger partial charge in [-0.15, -0.1) is 0 Å². The third kappa shape index (κ3) is 3.94. The number of ether oxygens (including phenoxy) is 1. The summed E-state index contributed by atoms with van der Waals surface area (Å²) in [6.07, 6.45) is -4.36. The summed E-state index contributed by atoms with van der Waals surface area (Å²) in [5.74, 6) is -0.447. The van der Waals surface area contributed by atoms with Gasteiger partial charge in [0.2, 0.25) is 0 Å². The quantitative estimate of drug-likeness (QED) is 0.846. The van der Waals surface area contributed by atoms with Crippen molar-refractivity contribution in [1.82, 2.24) is 0 Å². The molecule has 0 saturated heterocycles. The SMILES string of the molecule is CCOC(=O)[C@H](C)Nc1ccc(C(F)(F)F)cc1. The van der Waals surface area contributed by atoms with Gasteiger partial charge in [0.05, 0.1) is 12.2 Å². The molecule has 1 aromatic rings. The average molecular weight is 261 g/mol. The molecule has 0 spiro atoms. The molecule has 0 unspecified atom stereocenters. The Hall–Kier alpha value is -1.72. The van der Waals surface area contributed by atoms with Crippen molar-refractivity contribution in [3.63, 3.8) is 0 Å². The molecule has 0 radical (unpaired) electrons. The second-order valence-corrected chi connectivity index (χ2v) is 3.69. The number of nitrogens with one attached hydrogen (secondary N) is 1. The van der Waals surface area contributed by atoms with Crippen molar-refractivity contribution in [2.75, 3.05) is 11.9 Å². The van der Waals surface area contributed by atoms with Gasteiger partial charge in [-0.3, -0.25) is 0 Å². The van der Waals surface area contributed by atoms with Crippen LogP contribution in [-0.4, -0.2) is 18.6 Å². The molecule has 0 aliphatic carbocycles. The number of esters is 1. The van der Waals surface area contributed by atoms with Gasteiger partial charge < -0.3 is 10.1 Å². The molecule has 0 bridgehead atoms. The number of carbonyl (C=O) groups excluding carboxylic acids is 1. The predicted octanol–water partition coefficient (Wildman–Crippen LogP) is 3.07. The monoisotopic (exact) mass is 261 g/mol. The van der Waals surface area contributed by atoms with Gasteiger partial charge in [-0.25, -0.2) is 4.79 Å². The number of benzene rings is 1. The molecular formula is C12H14F3NO2. The lowest BCUT2D eigenvalue weighted by atomic mass is 10.2. The van der Waals surface area contributed by atoms with Gasteiger partial charge >= 0.3 is 12.1 Å². The second kappa shape index (κ2) is 5.75. The molecular weight excluding hydrogens is 247 g/mol. The second-order valence-electron chi connectivity index (χ2n) is 3.69. The van der Waals surface area contributed by atoms with Crippen LogP contribution in [0.4, 0.5) is 18.9 Å². The van der Waals surface area contributed by atoms with E-state index in [4.69, 9.17) is 4.74 Å². The summed E-state index contributed by atoms with van der Waals surface area (Å²) < 4.78 is 41.7. The third-order valence-corrected chi connectivity index (χ3v) is 2.24. The lowest BCUT2D eigenvalue weighted by Gasteiger charge is -2.14. The minimum Gasteiger partial charge on any atom is -0.464 e. The minimum absolute atomic E-state index is 0.262. The van der Waals surface area contributed by atoms with Crippen LogP contribution in [0.5, 0.6) is 0 Å². The predicted molar refractivity (Wildman–Crippen MR) is 61.2 cm³/mol. The average Bonchev–Trinajstić information content (AvgIpc) is 2.28. The van der Waals surface area contributed by atoms with Crippen molar-refractivity contribution in [3.05, 3.63) is 29.8 Å². The molecule has 1 aromatic carbocycles. The first-order chi connectivity index (χ1) is 8.34. The topological polar surface area (TPSA) is 38.3 Å². The number of hydrogen-bond acceptors (Lipinski definition) is 3. The highest BCUT2D eigenvalue weighted by atomic mass is 19.4. The van der Waals surface area contributed by atoms with Crippen molar-refractivity contribution in [1.29, 1.82) is 0 Å². The van der Waals surface area contributed by atoms with E-state index < -0.39 is 23.8 Å². The van der Waals surface area contributed by atoms with Crippen LogP contribution in [-0.2, 0) is 15.7 Å². The first-order valence-corrected chi connectivity index (χ1v) is 5.45. The number of anilines is 1. The fourth-order valence-electron chi connectivity index (χ4n) is 1.33. The zero-order valence-corrected chi connectivity index (χ0v) is 10.0. The van der Waals surface area contributed by atoms with Crippen LogP contribution in [0.2, 0.25) is 0 Å². The van der Waals surface area contributed by atoms with E-state index in [9.17, 15) is 18.0 Å². The summed E-state index contributed by atoms with van der Waals surface area (Å²) in [6, 6.07) is 3.86. The van der Waals surface area contributed by atoms with Crippen LogP contribution in [0.15, 0.2) is 24.3 Å². The Morgan fingerprint density at radius 2 is 1.89 bits per heavy atom. The molecule has 0 amide bonds. The van der Waals surface area contributed by atoms with Crippen molar-refractivity contribution in [3.8, 4) is 0 Å². The maximum atomic E-state index is 12.3. The Morgan fingerprint density at radius 3 is 2.33 bits per heavy atom. The van der Waals surface area contributed by atoms with E-state index in [-0.39, 0.29) is 6.61 Å². The molecule has 0 aromatic heterocycles. The third-order valence-electron chi connectivity index (χ3n) is 2.24. The number of rotatable bonds is 4. The minimum atomic E-state index is -4.36. The molecule has 18 heavy (non-hydrogen) atoms. The summed E-state index contributed by atoms with van der Waals surface area (Å²) in [5.41, 5.74) is -0.291. The normalized spacial score (nSPS) is 12.9. The highest BCUT2D eigenvalue weighted by molar-refractivity contribution is 5.78. The number of carbonyl (C=O) groups is 1. The van der Waals surface area contributed by atoms with Crippen LogP contribution in [0.1, 0.15) is 19.4 Å². The van der Waals surface area contributed by atoms with Gasteiger partial charge in [-0.2, -0.15) is 13.2 Å². The molecule has 1 rings (SSSR count). The Bertz CT molecular complexity index is 401. The van der Waals surface area contributed by atoms with Crippen molar-refractivity contribution < 1.29 is 22.7 Å². The molecule has 0 heterocycles. The van der Waals surface area contributed by atoms with E-state index >= 15 is 0 Å². The van der Waals surface area contributed by atoms with Crippen LogP contribution < -0.4 is 5.32 Å². The van der Waals surface area contributed by atoms with Crippen LogP contribution >= 0.6 is 0 Å². The number of hydrogen-bond donors (Lipinski definition) is 1. The van der Waals surface area contributed by atoms with E-state index in [0.717, 1.165) is 12.1 Å².